The van der Waals surface area contributed by atoms with Crippen LogP contribution in [-0.2, 0) is 4.79 Å². The molecule has 116 valence electrons. The van der Waals surface area contributed by atoms with E-state index in [-0.39, 0.29) is 11.3 Å². The van der Waals surface area contributed by atoms with Crippen LogP contribution in [0.3, 0.4) is 0 Å². The van der Waals surface area contributed by atoms with Crippen LogP contribution in [-0.4, -0.2) is 5.91 Å². The van der Waals surface area contributed by atoms with Crippen molar-refractivity contribution in [2.45, 2.75) is 13.8 Å². The predicted molar refractivity (Wildman–Crippen MR) is 84.5 cm³/mol. The highest BCUT2D eigenvalue weighted by molar-refractivity contribution is 6.09. The molecule has 0 spiro atoms. The fraction of sp³-hybridized carbons (Fsp3) is 0.111. The Bertz CT molecular complexity index is 835. The van der Waals surface area contributed by atoms with Crippen molar-refractivity contribution in [2.24, 2.45) is 0 Å². The van der Waals surface area contributed by atoms with Gasteiger partial charge in [0.15, 0.2) is 0 Å². The molecule has 0 atom stereocenters. The second kappa shape index (κ2) is 6.84. The zero-order valence-corrected chi connectivity index (χ0v) is 12.7. The number of nitrogens with zero attached hydrogens (tertiary/aromatic N) is 1. The van der Waals surface area contributed by atoms with Gasteiger partial charge in [0.2, 0.25) is 0 Å². The smallest absolute Gasteiger partial charge is 0.266 e. The first-order chi connectivity index (χ1) is 10.9. The van der Waals surface area contributed by atoms with E-state index in [1.165, 1.54) is 6.08 Å². The van der Waals surface area contributed by atoms with Gasteiger partial charge in [-0.1, -0.05) is 18.2 Å². The zero-order valence-electron chi connectivity index (χ0n) is 12.7. The molecule has 0 aromatic heterocycles. The summed E-state index contributed by atoms with van der Waals surface area (Å²) < 4.78 is 26.4. The summed E-state index contributed by atoms with van der Waals surface area (Å²) in [6.45, 7) is 3.88. The van der Waals surface area contributed by atoms with Crippen molar-refractivity contribution in [3.63, 3.8) is 0 Å². The van der Waals surface area contributed by atoms with Gasteiger partial charge in [-0.15, -0.1) is 0 Å². The molecule has 3 nitrogen and oxygen atoms in total. The van der Waals surface area contributed by atoms with E-state index in [4.69, 9.17) is 5.26 Å². The standard InChI is InChI=1S/C18H14F2N2O/c1-11-3-4-13(7-12(11)2)8-14(10-21)18(23)22-17-6-5-15(19)9-16(17)20/h3-9H,1-2H3,(H,22,23)/b14-8+. The number of amides is 1. The number of anilines is 1. The van der Waals surface area contributed by atoms with Gasteiger partial charge in [-0.2, -0.15) is 5.26 Å². The van der Waals surface area contributed by atoms with E-state index in [2.05, 4.69) is 5.32 Å². The number of benzene rings is 2. The normalized spacial score (nSPS) is 11.0. The summed E-state index contributed by atoms with van der Waals surface area (Å²) in [5, 5.41) is 11.4. The molecule has 0 saturated carbocycles. The van der Waals surface area contributed by atoms with Crippen molar-refractivity contribution >= 4 is 17.7 Å². The molecule has 0 aliphatic heterocycles. The van der Waals surface area contributed by atoms with Crippen LogP contribution in [0.1, 0.15) is 16.7 Å². The molecule has 0 bridgehead atoms. The van der Waals surface area contributed by atoms with Crippen molar-refractivity contribution in [1.82, 2.24) is 0 Å². The van der Waals surface area contributed by atoms with E-state index >= 15 is 0 Å². The maximum atomic E-state index is 13.5. The molecule has 0 saturated heterocycles. The summed E-state index contributed by atoms with van der Waals surface area (Å²) in [7, 11) is 0. The first kappa shape index (κ1) is 16.4. The molecular weight excluding hydrogens is 298 g/mol. The second-order valence-corrected chi connectivity index (χ2v) is 5.09. The molecule has 0 fully saturated rings. The van der Waals surface area contributed by atoms with E-state index in [9.17, 15) is 13.6 Å². The minimum Gasteiger partial charge on any atom is -0.319 e. The van der Waals surface area contributed by atoms with Crippen LogP contribution in [0.25, 0.3) is 6.08 Å². The Labute approximate surface area is 132 Å². The van der Waals surface area contributed by atoms with Crippen LogP contribution in [0.15, 0.2) is 42.0 Å². The number of hydrogen-bond donors (Lipinski definition) is 1. The number of rotatable bonds is 3. The highest BCUT2D eigenvalue weighted by Crippen LogP contribution is 2.17. The average Bonchev–Trinajstić information content (AvgIpc) is 2.51. The minimum atomic E-state index is -0.901. The summed E-state index contributed by atoms with van der Waals surface area (Å²) >= 11 is 0. The molecule has 2 aromatic rings. The lowest BCUT2D eigenvalue weighted by Gasteiger charge is -2.06. The summed E-state index contributed by atoms with van der Waals surface area (Å²) in [4.78, 5) is 12.1. The van der Waals surface area contributed by atoms with Gasteiger partial charge in [-0.3, -0.25) is 4.79 Å². The van der Waals surface area contributed by atoms with Gasteiger partial charge in [-0.05, 0) is 48.7 Å². The van der Waals surface area contributed by atoms with Gasteiger partial charge in [0.25, 0.3) is 5.91 Å². The maximum absolute atomic E-state index is 13.5. The molecule has 1 N–H and O–H groups in total. The first-order valence-electron chi connectivity index (χ1n) is 6.86. The summed E-state index contributed by atoms with van der Waals surface area (Å²) in [6.07, 6.45) is 1.42. The number of aryl methyl sites for hydroxylation is 2. The lowest BCUT2D eigenvalue weighted by atomic mass is 10.0. The summed E-state index contributed by atoms with van der Waals surface area (Å²) in [5.74, 6) is -2.40. The lowest BCUT2D eigenvalue weighted by Crippen LogP contribution is -2.14. The number of carbonyl (C=O) groups excluding carboxylic acids is 1. The Morgan fingerprint density at radius 2 is 1.87 bits per heavy atom. The van der Waals surface area contributed by atoms with Gasteiger partial charge in [0.1, 0.15) is 23.3 Å². The van der Waals surface area contributed by atoms with Crippen molar-refractivity contribution in [1.29, 1.82) is 5.26 Å². The summed E-state index contributed by atoms with van der Waals surface area (Å²) in [5.41, 5.74) is 2.47. The molecular formula is C18H14F2N2O. The number of nitriles is 1. The molecule has 2 rings (SSSR count). The van der Waals surface area contributed by atoms with Crippen molar-refractivity contribution in [2.75, 3.05) is 5.32 Å². The van der Waals surface area contributed by atoms with Crippen LogP contribution < -0.4 is 5.32 Å². The quantitative estimate of drug-likeness (QED) is 0.684. The van der Waals surface area contributed by atoms with E-state index in [0.29, 0.717) is 11.6 Å². The van der Waals surface area contributed by atoms with E-state index in [1.807, 2.05) is 26.0 Å². The number of halogens is 2. The largest absolute Gasteiger partial charge is 0.319 e. The molecule has 5 heteroatoms. The number of hydrogen-bond acceptors (Lipinski definition) is 2. The average molecular weight is 312 g/mol. The molecule has 0 aliphatic rings. The van der Waals surface area contributed by atoms with Gasteiger partial charge in [0, 0.05) is 6.07 Å². The highest BCUT2D eigenvalue weighted by Gasteiger charge is 2.12. The third kappa shape index (κ3) is 4.01. The lowest BCUT2D eigenvalue weighted by molar-refractivity contribution is -0.112. The third-order valence-electron chi connectivity index (χ3n) is 3.39. The topological polar surface area (TPSA) is 52.9 Å². The molecule has 0 unspecified atom stereocenters. The summed E-state index contributed by atoms with van der Waals surface area (Å²) in [6, 6.07) is 10.1. The van der Waals surface area contributed by atoms with Crippen molar-refractivity contribution in [3.05, 3.63) is 70.3 Å². The fourth-order valence-electron chi connectivity index (χ4n) is 1.95. The van der Waals surface area contributed by atoms with Crippen LogP contribution in [0.5, 0.6) is 0 Å². The van der Waals surface area contributed by atoms with Crippen molar-refractivity contribution < 1.29 is 13.6 Å². The minimum absolute atomic E-state index is 0.169. The first-order valence-corrected chi connectivity index (χ1v) is 6.86. The van der Waals surface area contributed by atoms with Crippen LogP contribution in [0.4, 0.5) is 14.5 Å². The third-order valence-corrected chi connectivity index (χ3v) is 3.39. The molecule has 2 aromatic carbocycles. The Balaban J connectivity index is 2.26. The van der Waals surface area contributed by atoms with Gasteiger partial charge in [0.05, 0.1) is 5.69 Å². The maximum Gasteiger partial charge on any atom is 0.266 e. The monoisotopic (exact) mass is 312 g/mol. The van der Waals surface area contributed by atoms with Gasteiger partial charge < -0.3 is 5.32 Å². The second-order valence-electron chi connectivity index (χ2n) is 5.09. The van der Waals surface area contributed by atoms with Gasteiger partial charge >= 0.3 is 0 Å². The van der Waals surface area contributed by atoms with Crippen LogP contribution in [0.2, 0.25) is 0 Å². The van der Waals surface area contributed by atoms with Crippen LogP contribution >= 0.6 is 0 Å². The van der Waals surface area contributed by atoms with Crippen molar-refractivity contribution in [3.8, 4) is 6.07 Å². The molecule has 0 aliphatic carbocycles. The Kier molecular flexibility index (Phi) is 4.87. The number of nitrogens with one attached hydrogen (secondary N) is 1. The molecule has 0 radical (unpaired) electrons. The molecule has 0 heterocycles. The predicted octanol–water partition coefficient (Wildman–Crippen LogP) is 4.13. The number of carbonyl (C=O) groups is 1. The Morgan fingerprint density at radius 3 is 2.48 bits per heavy atom. The SMILES string of the molecule is Cc1ccc(/C=C(\C#N)C(=O)Nc2ccc(F)cc2F)cc1C. The Morgan fingerprint density at radius 1 is 1.13 bits per heavy atom. The van der Waals surface area contributed by atoms with E-state index < -0.39 is 17.5 Å². The zero-order chi connectivity index (χ0) is 17.0. The van der Waals surface area contributed by atoms with E-state index in [1.54, 1.807) is 12.1 Å². The highest BCUT2D eigenvalue weighted by atomic mass is 19.1. The van der Waals surface area contributed by atoms with E-state index in [0.717, 1.165) is 23.3 Å². The molecule has 23 heavy (non-hydrogen) atoms. The van der Waals surface area contributed by atoms with Gasteiger partial charge in [-0.25, -0.2) is 8.78 Å². The fourth-order valence-corrected chi connectivity index (χ4v) is 1.95. The van der Waals surface area contributed by atoms with Crippen LogP contribution in [0, 0.1) is 36.8 Å². The Hall–Kier alpha value is -3.00. The molecule has 1 amide bonds.